The van der Waals surface area contributed by atoms with E-state index in [1.165, 1.54) is 27.1 Å². The molecule has 0 fully saturated rings. The molecule has 0 aliphatic rings. The number of ether oxygens (including phenoxy) is 2. The molecule has 4 heteroatoms. The highest BCUT2D eigenvalue weighted by molar-refractivity contribution is 6.00. The summed E-state index contributed by atoms with van der Waals surface area (Å²) in [5.74, 6) is -0.320. The van der Waals surface area contributed by atoms with Crippen molar-refractivity contribution in [2.75, 3.05) is 14.2 Å². The normalized spacial score (nSPS) is 10.8. The molecule has 0 spiro atoms. The third kappa shape index (κ3) is 8.05. The molecule has 4 nitrogen and oxygen atoms in total. The Balaban J connectivity index is 3.67. The van der Waals surface area contributed by atoms with Gasteiger partial charge in [0.15, 0.2) is 5.78 Å². The molecule has 0 unspecified atom stereocenters. The molecule has 100 valence electrons. The average Bonchev–Trinajstić information content (AvgIpc) is 2.30. The summed E-state index contributed by atoms with van der Waals surface area (Å²) in [5.41, 5.74) is 0. The summed E-state index contributed by atoms with van der Waals surface area (Å²) in [6.07, 6.45) is 4.99. The molecule has 0 aliphatic carbocycles. The van der Waals surface area contributed by atoms with E-state index in [-0.39, 0.29) is 18.0 Å². The molecule has 0 saturated heterocycles. The lowest BCUT2D eigenvalue weighted by Gasteiger charge is -2.11. The molecule has 0 rings (SSSR count). The number of Topliss-reactive ketones (excluding diaryl/α,β-unsaturated/α-hetero) is 2. The van der Waals surface area contributed by atoms with Gasteiger partial charge < -0.3 is 9.47 Å². The van der Waals surface area contributed by atoms with E-state index >= 15 is 0 Å². The van der Waals surface area contributed by atoms with E-state index in [9.17, 15) is 9.59 Å². The van der Waals surface area contributed by atoms with Gasteiger partial charge in [-0.15, -0.1) is 0 Å². The van der Waals surface area contributed by atoms with E-state index < -0.39 is 6.29 Å². The number of unbranched alkanes of at least 4 members (excludes halogenated alkanes) is 4. The topological polar surface area (TPSA) is 52.6 Å². The highest BCUT2D eigenvalue weighted by atomic mass is 16.7. The van der Waals surface area contributed by atoms with Crippen molar-refractivity contribution >= 4 is 11.6 Å². The summed E-state index contributed by atoms with van der Waals surface area (Å²) in [5, 5.41) is 0. The van der Waals surface area contributed by atoms with Crippen LogP contribution in [-0.4, -0.2) is 32.1 Å². The molecule has 0 bridgehead atoms. The molecule has 0 radical (unpaired) electrons. The van der Waals surface area contributed by atoms with Crippen LogP contribution in [0.5, 0.6) is 0 Å². The molecule has 0 amide bonds. The zero-order chi connectivity index (χ0) is 13.1. The first kappa shape index (κ1) is 16.3. The molecule has 17 heavy (non-hydrogen) atoms. The van der Waals surface area contributed by atoms with Crippen molar-refractivity contribution in [3.63, 3.8) is 0 Å². The Hall–Kier alpha value is -0.740. The predicted molar refractivity (Wildman–Crippen MR) is 65.8 cm³/mol. The second-order valence-electron chi connectivity index (χ2n) is 4.15. The Labute approximate surface area is 104 Å². The smallest absolute Gasteiger partial charge is 0.217 e. The van der Waals surface area contributed by atoms with Gasteiger partial charge in [0.05, 0.1) is 6.42 Å². The molecular formula is C13H24O4. The summed E-state index contributed by atoms with van der Waals surface area (Å²) >= 11 is 0. The molecule has 0 heterocycles. The summed E-state index contributed by atoms with van der Waals surface area (Å²) in [6, 6.07) is 0. The number of carbonyl (C=O) groups excluding carboxylic acids is 2. The molecule has 0 N–H and O–H groups in total. The van der Waals surface area contributed by atoms with Crippen LogP contribution in [0.15, 0.2) is 0 Å². The average molecular weight is 244 g/mol. The number of methoxy groups -OCH3 is 2. The van der Waals surface area contributed by atoms with Crippen molar-refractivity contribution in [3.8, 4) is 0 Å². The number of ketones is 2. The summed E-state index contributed by atoms with van der Waals surface area (Å²) in [4.78, 5) is 23.0. The van der Waals surface area contributed by atoms with Crippen LogP contribution in [0.2, 0.25) is 0 Å². The minimum Gasteiger partial charge on any atom is -0.349 e. The van der Waals surface area contributed by atoms with E-state index in [0.717, 1.165) is 19.3 Å². The first-order chi connectivity index (χ1) is 8.15. The van der Waals surface area contributed by atoms with Gasteiger partial charge in [-0.25, -0.2) is 0 Å². The van der Waals surface area contributed by atoms with E-state index in [0.29, 0.717) is 6.42 Å². The van der Waals surface area contributed by atoms with Crippen LogP contribution in [0.25, 0.3) is 0 Å². The van der Waals surface area contributed by atoms with Gasteiger partial charge >= 0.3 is 0 Å². The van der Waals surface area contributed by atoms with Gasteiger partial charge in [0, 0.05) is 20.6 Å². The van der Waals surface area contributed by atoms with Crippen molar-refractivity contribution in [2.24, 2.45) is 0 Å². The Bertz CT molecular complexity index is 221. The first-order valence-electron chi connectivity index (χ1n) is 6.25. The second kappa shape index (κ2) is 10.4. The Morgan fingerprint density at radius 2 is 1.59 bits per heavy atom. The van der Waals surface area contributed by atoms with E-state index in [4.69, 9.17) is 9.47 Å². The van der Waals surface area contributed by atoms with Gasteiger partial charge in [0.1, 0.15) is 5.78 Å². The van der Waals surface area contributed by atoms with E-state index in [1.54, 1.807) is 0 Å². The van der Waals surface area contributed by atoms with E-state index in [1.807, 2.05) is 0 Å². The van der Waals surface area contributed by atoms with Crippen LogP contribution < -0.4 is 0 Å². The fourth-order valence-electron chi connectivity index (χ4n) is 1.65. The van der Waals surface area contributed by atoms with Crippen molar-refractivity contribution in [1.82, 2.24) is 0 Å². The summed E-state index contributed by atoms with van der Waals surface area (Å²) < 4.78 is 9.59. The highest BCUT2D eigenvalue weighted by Crippen LogP contribution is 2.07. The number of carbonyl (C=O) groups is 2. The van der Waals surface area contributed by atoms with Gasteiger partial charge in [-0.3, -0.25) is 9.59 Å². The first-order valence-corrected chi connectivity index (χ1v) is 6.25. The third-order valence-corrected chi connectivity index (χ3v) is 2.62. The fraction of sp³-hybridized carbons (Fsp3) is 0.846. The van der Waals surface area contributed by atoms with Gasteiger partial charge in [-0.1, -0.05) is 32.6 Å². The minimum atomic E-state index is -0.904. The lowest BCUT2D eigenvalue weighted by Crippen LogP contribution is -2.26. The summed E-state index contributed by atoms with van der Waals surface area (Å²) in [7, 11) is 2.78. The lowest BCUT2D eigenvalue weighted by molar-refractivity contribution is -0.157. The molecular weight excluding hydrogens is 220 g/mol. The maximum atomic E-state index is 11.5. The van der Waals surface area contributed by atoms with E-state index in [2.05, 4.69) is 6.92 Å². The second-order valence-corrected chi connectivity index (χ2v) is 4.15. The Morgan fingerprint density at radius 3 is 2.12 bits per heavy atom. The zero-order valence-corrected chi connectivity index (χ0v) is 11.2. The maximum Gasteiger partial charge on any atom is 0.217 e. The Morgan fingerprint density at radius 1 is 1.00 bits per heavy atom. The van der Waals surface area contributed by atoms with Crippen LogP contribution in [0.4, 0.5) is 0 Å². The van der Waals surface area contributed by atoms with Gasteiger partial charge in [0.25, 0.3) is 0 Å². The van der Waals surface area contributed by atoms with Crippen LogP contribution in [0, 0.1) is 0 Å². The van der Waals surface area contributed by atoms with Crippen molar-refractivity contribution in [3.05, 3.63) is 0 Å². The monoisotopic (exact) mass is 244 g/mol. The molecule has 0 atom stereocenters. The summed E-state index contributed by atoms with van der Waals surface area (Å²) in [6.45, 7) is 2.15. The number of rotatable bonds is 11. The molecule has 0 aromatic rings. The van der Waals surface area contributed by atoms with Crippen LogP contribution >= 0.6 is 0 Å². The zero-order valence-electron chi connectivity index (χ0n) is 11.2. The molecule has 0 aliphatic heterocycles. The molecule has 0 aromatic heterocycles. The predicted octanol–water partition coefficient (Wildman–Crippen LogP) is 2.49. The lowest BCUT2D eigenvalue weighted by atomic mass is 10.1. The maximum absolute atomic E-state index is 11.5. The number of hydrogen-bond donors (Lipinski definition) is 0. The quantitative estimate of drug-likeness (QED) is 0.318. The SMILES string of the molecule is CCCCCCCC(=O)CC(=O)C(OC)OC. The van der Waals surface area contributed by atoms with Gasteiger partial charge in [-0.05, 0) is 6.42 Å². The minimum absolute atomic E-state index is 0.0226. The largest absolute Gasteiger partial charge is 0.349 e. The van der Waals surface area contributed by atoms with Gasteiger partial charge in [0.2, 0.25) is 6.29 Å². The third-order valence-electron chi connectivity index (χ3n) is 2.62. The van der Waals surface area contributed by atoms with Crippen LogP contribution in [0.3, 0.4) is 0 Å². The van der Waals surface area contributed by atoms with Crippen molar-refractivity contribution in [1.29, 1.82) is 0 Å². The fourth-order valence-corrected chi connectivity index (χ4v) is 1.65. The molecule has 0 saturated carbocycles. The molecule has 0 aromatic carbocycles. The standard InChI is InChI=1S/C13H24O4/c1-4-5-6-7-8-9-11(14)10-12(15)13(16-2)17-3/h13H,4-10H2,1-3H3. The number of hydrogen-bond acceptors (Lipinski definition) is 4. The Kier molecular flexibility index (Phi) is 9.96. The van der Waals surface area contributed by atoms with Crippen LogP contribution in [-0.2, 0) is 19.1 Å². The van der Waals surface area contributed by atoms with Gasteiger partial charge in [-0.2, -0.15) is 0 Å². The van der Waals surface area contributed by atoms with Crippen molar-refractivity contribution < 1.29 is 19.1 Å². The highest BCUT2D eigenvalue weighted by Gasteiger charge is 2.19. The van der Waals surface area contributed by atoms with Crippen LogP contribution in [0.1, 0.15) is 51.9 Å². The van der Waals surface area contributed by atoms with Crippen molar-refractivity contribution in [2.45, 2.75) is 58.2 Å².